The van der Waals surface area contributed by atoms with Crippen LogP contribution in [0.3, 0.4) is 0 Å². The van der Waals surface area contributed by atoms with Crippen molar-refractivity contribution in [1.82, 2.24) is 0 Å². The summed E-state index contributed by atoms with van der Waals surface area (Å²) in [5.74, 6) is -0.456. The molecule has 0 aliphatic heterocycles. The predicted octanol–water partition coefficient (Wildman–Crippen LogP) is 4.57. The third-order valence-corrected chi connectivity index (χ3v) is 4.73. The van der Waals surface area contributed by atoms with Crippen molar-refractivity contribution in [2.24, 2.45) is 5.92 Å². The van der Waals surface area contributed by atoms with Gasteiger partial charge in [-0.1, -0.05) is 18.7 Å². The highest BCUT2D eigenvalue weighted by Gasteiger charge is 2.15. The van der Waals surface area contributed by atoms with Crippen molar-refractivity contribution in [1.29, 1.82) is 0 Å². The molecule has 1 heterocycles. The quantitative estimate of drug-likeness (QED) is 0.228. The Bertz CT molecular complexity index is 456. The molecule has 21 heavy (non-hydrogen) atoms. The molecule has 0 bridgehead atoms. The van der Waals surface area contributed by atoms with Crippen molar-refractivity contribution in [2.75, 3.05) is 13.2 Å². The molecule has 0 radical (unpaired) electrons. The fourth-order valence-electron chi connectivity index (χ4n) is 1.75. The number of thiophene rings is 1. The zero-order valence-corrected chi connectivity index (χ0v) is 15.0. The van der Waals surface area contributed by atoms with Gasteiger partial charge in [-0.25, -0.2) is 0 Å². The first kappa shape index (κ1) is 18.4. The first-order valence-corrected chi connectivity index (χ1v) is 8.79. The molecule has 0 spiro atoms. The number of hydrogen-bond acceptors (Lipinski definition) is 4. The number of esters is 1. The molecule has 0 aliphatic carbocycles. The maximum Gasteiger partial charge on any atom is 0.313 e. The first-order valence-electron chi connectivity index (χ1n) is 6.89. The van der Waals surface area contributed by atoms with E-state index in [4.69, 9.17) is 9.47 Å². The molecule has 1 aromatic rings. The maximum atomic E-state index is 11.7. The average molecular weight is 420 g/mol. The van der Waals surface area contributed by atoms with E-state index in [0.717, 1.165) is 19.3 Å². The smallest absolute Gasteiger partial charge is 0.313 e. The summed E-state index contributed by atoms with van der Waals surface area (Å²) in [5.41, 5.74) is 0. The number of halogens is 1. The van der Waals surface area contributed by atoms with Crippen molar-refractivity contribution < 1.29 is 14.3 Å². The van der Waals surface area contributed by atoms with E-state index in [1.807, 2.05) is 0 Å². The third kappa shape index (κ3) is 7.78. The van der Waals surface area contributed by atoms with Gasteiger partial charge in [0.15, 0.2) is 0 Å². The van der Waals surface area contributed by atoms with Crippen LogP contribution in [0, 0.1) is 8.80 Å². The lowest BCUT2D eigenvalue weighted by Crippen LogP contribution is -2.16. The minimum atomic E-state index is -0.233. The molecule has 0 saturated carbocycles. The van der Waals surface area contributed by atoms with Crippen LogP contribution in [0.4, 0.5) is 0 Å². The fourth-order valence-corrected chi connectivity index (χ4v) is 3.44. The van der Waals surface area contributed by atoms with Gasteiger partial charge in [0.05, 0.1) is 15.4 Å². The number of hydrogen-bond donors (Lipinski definition) is 0. The van der Waals surface area contributed by atoms with Crippen LogP contribution in [0.15, 0.2) is 37.4 Å². The lowest BCUT2D eigenvalue weighted by molar-refractivity contribution is -0.145. The van der Waals surface area contributed by atoms with Crippen molar-refractivity contribution in [3.8, 4) is 0 Å². The summed E-state index contributed by atoms with van der Waals surface area (Å²) in [6, 6.07) is 4.18. The van der Waals surface area contributed by atoms with Gasteiger partial charge < -0.3 is 9.47 Å². The summed E-state index contributed by atoms with van der Waals surface area (Å²) in [4.78, 5) is 12.9. The van der Waals surface area contributed by atoms with E-state index in [2.05, 4.69) is 47.9 Å². The summed E-state index contributed by atoms with van der Waals surface area (Å²) < 4.78 is 11.9. The molecule has 116 valence electrons. The van der Waals surface area contributed by atoms with E-state index < -0.39 is 0 Å². The van der Waals surface area contributed by atoms with Gasteiger partial charge in [0.1, 0.15) is 6.61 Å². The van der Waals surface area contributed by atoms with Crippen LogP contribution in [0.25, 0.3) is 0 Å². The van der Waals surface area contributed by atoms with Crippen molar-refractivity contribution in [2.45, 2.75) is 25.9 Å². The first-order chi connectivity index (χ1) is 10.2. The monoisotopic (exact) mass is 420 g/mol. The molecule has 1 unspecified atom stereocenters. The Morgan fingerprint density at radius 3 is 2.81 bits per heavy atom. The Balaban J connectivity index is 2.10. The molecule has 0 amide bonds. The second-order valence-corrected chi connectivity index (χ2v) is 7.58. The molecular formula is C16H21IO3S. The molecule has 0 aliphatic rings. The summed E-state index contributed by atoms with van der Waals surface area (Å²) >= 11 is 4.06. The SMILES string of the molecule is C=CCOC(=O)C(C=C)CCCCOCc1ccc(I)s1. The molecule has 0 aromatic carbocycles. The lowest BCUT2D eigenvalue weighted by atomic mass is 10.0. The summed E-state index contributed by atoms with van der Waals surface area (Å²) in [6.45, 7) is 8.84. The molecule has 0 N–H and O–H groups in total. The van der Waals surface area contributed by atoms with Gasteiger partial charge >= 0.3 is 5.97 Å². The average Bonchev–Trinajstić information content (AvgIpc) is 2.89. The number of unbranched alkanes of at least 4 members (excludes halogenated alkanes) is 1. The van der Waals surface area contributed by atoms with E-state index in [-0.39, 0.29) is 18.5 Å². The molecule has 1 atom stereocenters. The van der Waals surface area contributed by atoms with E-state index in [0.29, 0.717) is 13.2 Å². The van der Waals surface area contributed by atoms with Crippen molar-refractivity contribution in [3.63, 3.8) is 0 Å². The topological polar surface area (TPSA) is 35.5 Å². The van der Waals surface area contributed by atoms with Gasteiger partial charge in [0, 0.05) is 11.5 Å². The third-order valence-electron chi connectivity index (χ3n) is 2.86. The van der Waals surface area contributed by atoms with Crippen molar-refractivity contribution in [3.05, 3.63) is 45.2 Å². The zero-order valence-electron chi connectivity index (χ0n) is 12.1. The van der Waals surface area contributed by atoms with Crippen LogP contribution < -0.4 is 0 Å². The summed E-state index contributed by atoms with van der Waals surface area (Å²) in [5, 5.41) is 0. The highest BCUT2D eigenvalue weighted by atomic mass is 127. The van der Waals surface area contributed by atoms with Crippen LogP contribution in [-0.4, -0.2) is 19.2 Å². The molecule has 3 nitrogen and oxygen atoms in total. The normalized spacial score (nSPS) is 11.9. The Morgan fingerprint density at radius 1 is 1.38 bits per heavy atom. The Hall–Kier alpha value is -0.660. The molecule has 0 fully saturated rings. The van der Waals surface area contributed by atoms with E-state index in [1.54, 1.807) is 23.5 Å². The Morgan fingerprint density at radius 2 is 2.19 bits per heavy atom. The second kappa shape index (κ2) is 11.0. The Labute approximate surface area is 144 Å². The highest BCUT2D eigenvalue weighted by molar-refractivity contribution is 14.1. The second-order valence-electron chi connectivity index (χ2n) is 4.52. The Kier molecular flexibility index (Phi) is 9.62. The molecule has 1 rings (SSSR count). The van der Waals surface area contributed by atoms with Gasteiger partial charge in [-0.05, 0) is 54.0 Å². The number of carbonyl (C=O) groups excluding carboxylic acids is 1. The molecular weight excluding hydrogens is 399 g/mol. The highest BCUT2D eigenvalue weighted by Crippen LogP contribution is 2.19. The minimum Gasteiger partial charge on any atom is -0.461 e. The summed E-state index contributed by atoms with van der Waals surface area (Å²) in [6.07, 6.45) is 5.82. The zero-order chi connectivity index (χ0) is 15.5. The molecule has 5 heteroatoms. The lowest BCUT2D eigenvalue weighted by Gasteiger charge is -2.11. The van der Waals surface area contributed by atoms with E-state index >= 15 is 0 Å². The predicted molar refractivity (Wildman–Crippen MR) is 95.4 cm³/mol. The number of rotatable bonds is 11. The van der Waals surface area contributed by atoms with Gasteiger partial charge in [0.2, 0.25) is 0 Å². The number of carbonyl (C=O) groups is 1. The van der Waals surface area contributed by atoms with Gasteiger partial charge in [-0.2, -0.15) is 0 Å². The van der Waals surface area contributed by atoms with Gasteiger partial charge in [0.25, 0.3) is 0 Å². The largest absolute Gasteiger partial charge is 0.461 e. The van der Waals surface area contributed by atoms with Gasteiger partial charge in [-0.3, -0.25) is 4.79 Å². The number of ether oxygens (including phenoxy) is 2. The van der Waals surface area contributed by atoms with Crippen LogP contribution in [0.5, 0.6) is 0 Å². The van der Waals surface area contributed by atoms with Crippen LogP contribution in [0.1, 0.15) is 24.1 Å². The van der Waals surface area contributed by atoms with Crippen LogP contribution >= 0.6 is 33.9 Å². The fraction of sp³-hybridized carbons (Fsp3) is 0.438. The van der Waals surface area contributed by atoms with Crippen LogP contribution in [-0.2, 0) is 20.9 Å². The standard InChI is InChI=1S/C16H21IO3S/c1-3-10-20-16(18)13(4-2)7-5-6-11-19-12-14-8-9-15(17)21-14/h3-4,8-9,13H,1-2,5-7,10-12H2. The molecule has 1 aromatic heterocycles. The van der Waals surface area contributed by atoms with Crippen molar-refractivity contribution >= 4 is 39.9 Å². The van der Waals surface area contributed by atoms with Crippen LogP contribution in [0.2, 0.25) is 0 Å². The minimum absolute atomic E-state index is 0.223. The van der Waals surface area contributed by atoms with E-state index in [1.165, 1.54) is 7.76 Å². The maximum absolute atomic E-state index is 11.7. The molecule has 0 saturated heterocycles. The summed E-state index contributed by atoms with van der Waals surface area (Å²) in [7, 11) is 0. The van der Waals surface area contributed by atoms with E-state index in [9.17, 15) is 4.79 Å². The van der Waals surface area contributed by atoms with Gasteiger partial charge in [-0.15, -0.1) is 17.9 Å².